The molecule has 0 saturated carbocycles. The monoisotopic (exact) mass is 389 g/mol. The lowest BCUT2D eigenvalue weighted by atomic mass is 9.95. The standard InChI is InChI=1S/C23H16ClNO3/c24-17-13-11-16(12-14-17)21(26)19-20(15-7-3-1-4-8-15)25(23(28)22(19)27)18-9-5-2-6-10-18/h1-14,20,26H/b21-19-. The molecule has 0 spiro atoms. The highest BCUT2D eigenvalue weighted by molar-refractivity contribution is 6.51. The average molecular weight is 390 g/mol. The summed E-state index contributed by atoms with van der Waals surface area (Å²) in [5.41, 5.74) is 1.81. The molecule has 1 aliphatic heterocycles. The Morgan fingerprint density at radius 1 is 0.821 bits per heavy atom. The summed E-state index contributed by atoms with van der Waals surface area (Å²) in [6.45, 7) is 0. The molecule has 1 saturated heterocycles. The van der Waals surface area contributed by atoms with Crippen LogP contribution < -0.4 is 4.90 Å². The van der Waals surface area contributed by atoms with Crippen molar-refractivity contribution in [2.24, 2.45) is 0 Å². The van der Waals surface area contributed by atoms with Gasteiger partial charge in [-0.15, -0.1) is 0 Å². The molecule has 0 bridgehead atoms. The van der Waals surface area contributed by atoms with E-state index in [9.17, 15) is 14.7 Å². The van der Waals surface area contributed by atoms with Gasteiger partial charge < -0.3 is 5.11 Å². The van der Waals surface area contributed by atoms with Crippen molar-refractivity contribution in [1.29, 1.82) is 0 Å². The van der Waals surface area contributed by atoms with Crippen LogP contribution in [0, 0.1) is 0 Å². The number of rotatable bonds is 3. The molecule has 1 atom stereocenters. The van der Waals surface area contributed by atoms with E-state index in [-0.39, 0.29) is 11.3 Å². The van der Waals surface area contributed by atoms with E-state index in [4.69, 9.17) is 11.6 Å². The van der Waals surface area contributed by atoms with Crippen molar-refractivity contribution in [1.82, 2.24) is 0 Å². The topological polar surface area (TPSA) is 57.6 Å². The van der Waals surface area contributed by atoms with Crippen LogP contribution in [-0.2, 0) is 9.59 Å². The largest absolute Gasteiger partial charge is 0.507 e. The van der Waals surface area contributed by atoms with E-state index in [0.29, 0.717) is 16.3 Å². The zero-order valence-corrected chi connectivity index (χ0v) is 15.5. The molecule has 0 aliphatic carbocycles. The molecule has 138 valence electrons. The number of carbonyl (C=O) groups excluding carboxylic acids is 2. The zero-order chi connectivity index (χ0) is 19.7. The number of hydrogen-bond donors (Lipinski definition) is 1. The minimum Gasteiger partial charge on any atom is -0.507 e. The van der Waals surface area contributed by atoms with Gasteiger partial charge in [0.15, 0.2) is 0 Å². The van der Waals surface area contributed by atoms with Gasteiger partial charge in [0.25, 0.3) is 11.7 Å². The Kier molecular flexibility index (Phi) is 4.72. The van der Waals surface area contributed by atoms with Crippen LogP contribution in [0.1, 0.15) is 17.2 Å². The number of carbonyl (C=O) groups is 2. The molecule has 28 heavy (non-hydrogen) atoms. The fourth-order valence-electron chi connectivity index (χ4n) is 3.40. The van der Waals surface area contributed by atoms with Crippen LogP contribution in [0.25, 0.3) is 5.76 Å². The van der Waals surface area contributed by atoms with Crippen molar-refractivity contribution in [3.63, 3.8) is 0 Å². The predicted molar refractivity (Wildman–Crippen MR) is 109 cm³/mol. The molecule has 0 radical (unpaired) electrons. The van der Waals surface area contributed by atoms with E-state index in [0.717, 1.165) is 5.56 Å². The maximum Gasteiger partial charge on any atom is 0.300 e. The molecule has 1 fully saturated rings. The third-order valence-corrected chi connectivity index (χ3v) is 4.96. The number of ketones is 1. The molecule has 1 heterocycles. The summed E-state index contributed by atoms with van der Waals surface area (Å²) in [7, 11) is 0. The maximum atomic E-state index is 12.9. The third-order valence-electron chi connectivity index (χ3n) is 4.71. The number of benzene rings is 3. The SMILES string of the molecule is O=C1C(=O)N(c2ccccc2)C(c2ccccc2)/C1=C(/O)c1ccc(Cl)cc1. The molecule has 4 rings (SSSR count). The second-order valence-corrected chi connectivity index (χ2v) is 6.86. The van der Waals surface area contributed by atoms with Gasteiger partial charge in [-0.05, 0) is 42.0 Å². The Labute approximate surface area is 167 Å². The van der Waals surface area contributed by atoms with Gasteiger partial charge in [0.2, 0.25) is 0 Å². The first-order valence-corrected chi connectivity index (χ1v) is 9.12. The summed E-state index contributed by atoms with van der Waals surface area (Å²) in [6, 6.07) is 23.9. The lowest BCUT2D eigenvalue weighted by molar-refractivity contribution is -0.132. The highest BCUT2D eigenvalue weighted by Crippen LogP contribution is 2.41. The van der Waals surface area contributed by atoms with E-state index in [2.05, 4.69) is 0 Å². The lowest BCUT2D eigenvalue weighted by Gasteiger charge is -2.25. The van der Waals surface area contributed by atoms with Crippen molar-refractivity contribution >= 4 is 34.7 Å². The number of aliphatic hydroxyl groups is 1. The maximum absolute atomic E-state index is 12.9. The van der Waals surface area contributed by atoms with Gasteiger partial charge in [-0.3, -0.25) is 14.5 Å². The van der Waals surface area contributed by atoms with Crippen LogP contribution in [0.3, 0.4) is 0 Å². The number of anilines is 1. The van der Waals surface area contributed by atoms with Crippen molar-refractivity contribution in [2.75, 3.05) is 4.90 Å². The molecular weight excluding hydrogens is 374 g/mol. The summed E-state index contributed by atoms with van der Waals surface area (Å²) < 4.78 is 0. The normalized spacial score (nSPS) is 18.5. The quantitative estimate of drug-likeness (QED) is 0.391. The Morgan fingerprint density at radius 2 is 1.39 bits per heavy atom. The first-order chi connectivity index (χ1) is 13.6. The average Bonchev–Trinajstić information content (AvgIpc) is 3.00. The zero-order valence-electron chi connectivity index (χ0n) is 14.7. The Bertz CT molecular complexity index is 1060. The second kappa shape index (κ2) is 7.33. The van der Waals surface area contributed by atoms with Gasteiger partial charge in [0.1, 0.15) is 5.76 Å². The Balaban J connectivity index is 1.94. The minimum atomic E-state index is -0.723. The predicted octanol–water partition coefficient (Wildman–Crippen LogP) is 4.97. The van der Waals surface area contributed by atoms with Crippen molar-refractivity contribution in [2.45, 2.75) is 6.04 Å². The Hall–Kier alpha value is -3.37. The molecule has 1 aliphatic rings. The van der Waals surface area contributed by atoms with E-state index >= 15 is 0 Å². The molecule has 5 heteroatoms. The number of nitrogens with zero attached hydrogens (tertiary/aromatic N) is 1. The molecule has 1 N–H and O–H groups in total. The molecular formula is C23H16ClNO3. The Morgan fingerprint density at radius 3 is 2.00 bits per heavy atom. The number of halogens is 1. The van der Waals surface area contributed by atoms with Gasteiger partial charge >= 0.3 is 0 Å². The number of aliphatic hydroxyl groups excluding tert-OH is 1. The highest BCUT2D eigenvalue weighted by atomic mass is 35.5. The molecule has 1 amide bonds. The summed E-state index contributed by atoms with van der Waals surface area (Å²) in [6.07, 6.45) is 0. The number of hydrogen-bond acceptors (Lipinski definition) is 3. The third kappa shape index (κ3) is 3.08. The van der Waals surface area contributed by atoms with Crippen LogP contribution >= 0.6 is 11.6 Å². The van der Waals surface area contributed by atoms with Gasteiger partial charge in [0, 0.05) is 16.3 Å². The molecule has 4 nitrogen and oxygen atoms in total. The van der Waals surface area contributed by atoms with Crippen molar-refractivity contribution < 1.29 is 14.7 Å². The smallest absolute Gasteiger partial charge is 0.300 e. The van der Waals surface area contributed by atoms with Crippen molar-refractivity contribution in [3.05, 3.63) is 107 Å². The fourth-order valence-corrected chi connectivity index (χ4v) is 3.53. The van der Waals surface area contributed by atoms with Gasteiger partial charge in [0.05, 0.1) is 11.6 Å². The summed E-state index contributed by atoms with van der Waals surface area (Å²) in [5, 5.41) is 11.4. The minimum absolute atomic E-state index is 0.0578. The lowest BCUT2D eigenvalue weighted by Crippen LogP contribution is -2.29. The summed E-state index contributed by atoms with van der Waals surface area (Å²) in [4.78, 5) is 27.2. The van der Waals surface area contributed by atoms with Gasteiger partial charge in [-0.1, -0.05) is 60.1 Å². The molecule has 3 aromatic rings. The van der Waals surface area contributed by atoms with Crippen molar-refractivity contribution in [3.8, 4) is 0 Å². The highest BCUT2D eigenvalue weighted by Gasteiger charge is 2.46. The van der Waals surface area contributed by atoms with E-state index < -0.39 is 17.7 Å². The first kappa shape index (κ1) is 18.0. The fraction of sp³-hybridized carbons (Fsp3) is 0.0435. The number of para-hydroxylation sites is 1. The first-order valence-electron chi connectivity index (χ1n) is 8.75. The van der Waals surface area contributed by atoms with E-state index in [1.54, 1.807) is 48.5 Å². The molecule has 3 aromatic carbocycles. The molecule has 0 aromatic heterocycles. The van der Waals surface area contributed by atoms with Crippen LogP contribution in [0.2, 0.25) is 5.02 Å². The van der Waals surface area contributed by atoms with E-state index in [1.807, 2.05) is 36.4 Å². The van der Waals surface area contributed by atoms with Crippen LogP contribution in [0.4, 0.5) is 5.69 Å². The van der Waals surface area contributed by atoms with Crippen LogP contribution in [-0.4, -0.2) is 16.8 Å². The number of amides is 1. The number of Topliss-reactive ketones (excluding diaryl/α,β-unsaturated/α-hetero) is 1. The van der Waals surface area contributed by atoms with E-state index in [1.165, 1.54) is 4.90 Å². The summed E-state index contributed by atoms with van der Waals surface area (Å²) >= 11 is 5.93. The molecule has 1 unspecified atom stereocenters. The van der Waals surface area contributed by atoms with Crippen LogP contribution in [0.15, 0.2) is 90.5 Å². The van der Waals surface area contributed by atoms with Gasteiger partial charge in [-0.2, -0.15) is 0 Å². The van der Waals surface area contributed by atoms with Crippen LogP contribution in [0.5, 0.6) is 0 Å². The van der Waals surface area contributed by atoms with Gasteiger partial charge in [-0.25, -0.2) is 0 Å². The second-order valence-electron chi connectivity index (χ2n) is 6.42. The summed E-state index contributed by atoms with van der Waals surface area (Å²) in [5.74, 6) is -1.61.